The van der Waals surface area contributed by atoms with Crippen LogP contribution in [0.25, 0.3) is 11.1 Å². The van der Waals surface area contributed by atoms with Crippen LogP contribution in [0.2, 0.25) is 0 Å². The smallest absolute Gasteiger partial charge is 0.251 e. The van der Waals surface area contributed by atoms with Gasteiger partial charge in [-0.2, -0.15) is 0 Å². The van der Waals surface area contributed by atoms with Crippen LogP contribution in [0, 0.1) is 5.92 Å². The van der Waals surface area contributed by atoms with Gasteiger partial charge in [0.1, 0.15) is 0 Å². The molecule has 160 valence electrons. The molecular formula is C24H32N4O2. The minimum absolute atomic E-state index is 0.0111. The molecule has 1 saturated heterocycles. The first-order valence-corrected chi connectivity index (χ1v) is 10.6. The zero-order valence-electron chi connectivity index (χ0n) is 17.9. The summed E-state index contributed by atoms with van der Waals surface area (Å²) >= 11 is 0. The van der Waals surface area contributed by atoms with Gasteiger partial charge in [-0.1, -0.05) is 37.3 Å². The maximum absolute atomic E-state index is 12.4. The lowest BCUT2D eigenvalue weighted by Crippen LogP contribution is -2.46. The van der Waals surface area contributed by atoms with Gasteiger partial charge in [0.2, 0.25) is 5.91 Å². The topological polar surface area (TPSA) is 78.7 Å². The van der Waals surface area contributed by atoms with Gasteiger partial charge in [-0.15, -0.1) is 0 Å². The third-order valence-electron chi connectivity index (χ3n) is 5.50. The summed E-state index contributed by atoms with van der Waals surface area (Å²) in [4.78, 5) is 28.1. The molecule has 0 bridgehead atoms. The van der Waals surface area contributed by atoms with Gasteiger partial charge < -0.3 is 20.9 Å². The predicted octanol–water partition coefficient (Wildman–Crippen LogP) is 2.34. The van der Waals surface area contributed by atoms with Crippen LogP contribution < -0.4 is 11.1 Å². The molecule has 2 aromatic carbocycles. The number of nitrogens with two attached hydrogens (primary N) is 1. The number of benzene rings is 2. The van der Waals surface area contributed by atoms with Crippen LogP contribution in [-0.4, -0.2) is 61.4 Å². The standard InChI is InChI=1S/C24H32N4O2/c1-18-15-28(16-18)12-4-11-26-24(30)21-9-7-20(8-10-21)22-6-3-5-19(13-22)17-27(2)23(29)14-25/h3,5-10,13,18H,4,11-12,14-17,25H2,1-2H3,(H,26,30). The van der Waals surface area contributed by atoms with Gasteiger partial charge in [-0.25, -0.2) is 0 Å². The Morgan fingerprint density at radius 1 is 1.13 bits per heavy atom. The van der Waals surface area contributed by atoms with Gasteiger partial charge in [-0.3, -0.25) is 9.59 Å². The maximum Gasteiger partial charge on any atom is 0.251 e. The lowest BCUT2D eigenvalue weighted by atomic mass is 10.0. The minimum atomic E-state index is -0.0878. The quantitative estimate of drug-likeness (QED) is 0.625. The second-order valence-electron chi connectivity index (χ2n) is 8.21. The summed E-state index contributed by atoms with van der Waals surface area (Å²) in [7, 11) is 1.75. The molecule has 1 heterocycles. The number of nitrogens with zero attached hydrogens (tertiary/aromatic N) is 2. The van der Waals surface area contributed by atoms with Crippen LogP contribution in [0.4, 0.5) is 0 Å². The fourth-order valence-electron chi connectivity index (χ4n) is 3.80. The SMILES string of the molecule is CC1CN(CCCNC(=O)c2ccc(-c3cccc(CN(C)C(=O)CN)c3)cc2)C1. The average molecular weight is 409 g/mol. The summed E-state index contributed by atoms with van der Waals surface area (Å²) < 4.78 is 0. The molecule has 1 aliphatic heterocycles. The van der Waals surface area contributed by atoms with Crippen LogP contribution in [0.15, 0.2) is 48.5 Å². The largest absolute Gasteiger partial charge is 0.352 e. The summed E-state index contributed by atoms with van der Waals surface area (Å²) in [5, 5.41) is 3.01. The van der Waals surface area contributed by atoms with Crippen LogP contribution in [0.1, 0.15) is 29.3 Å². The molecular weight excluding hydrogens is 376 g/mol. The van der Waals surface area contributed by atoms with Crippen molar-refractivity contribution >= 4 is 11.8 Å². The normalized spacial score (nSPS) is 14.2. The molecule has 0 aromatic heterocycles. The Bertz CT molecular complexity index is 860. The van der Waals surface area contributed by atoms with E-state index in [0.717, 1.165) is 35.6 Å². The summed E-state index contributed by atoms with van der Waals surface area (Å²) in [6, 6.07) is 15.7. The summed E-state index contributed by atoms with van der Waals surface area (Å²) in [5.74, 6) is 0.692. The molecule has 6 nitrogen and oxygen atoms in total. The third kappa shape index (κ3) is 5.90. The van der Waals surface area contributed by atoms with E-state index in [9.17, 15) is 9.59 Å². The van der Waals surface area contributed by atoms with E-state index in [1.54, 1.807) is 11.9 Å². The average Bonchev–Trinajstić information content (AvgIpc) is 2.74. The first kappa shape index (κ1) is 22.0. The van der Waals surface area contributed by atoms with E-state index < -0.39 is 0 Å². The second-order valence-corrected chi connectivity index (χ2v) is 8.21. The Balaban J connectivity index is 1.52. The summed E-state index contributed by atoms with van der Waals surface area (Å²) in [5.41, 5.74) is 9.22. The molecule has 1 fully saturated rings. The van der Waals surface area contributed by atoms with Gasteiger partial charge in [-0.05, 0) is 53.8 Å². The summed E-state index contributed by atoms with van der Waals surface area (Å²) in [6.07, 6.45) is 0.977. The van der Waals surface area contributed by atoms with Crippen LogP contribution in [0.3, 0.4) is 0 Å². The molecule has 3 N–H and O–H groups in total. The first-order valence-electron chi connectivity index (χ1n) is 10.6. The number of rotatable bonds is 9. The highest BCUT2D eigenvalue weighted by Gasteiger charge is 2.21. The van der Waals surface area contributed by atoms with E-state index in [1.165, 1.54) is 13.1 Å². The number of hydrogen-bond acceptors (Lipinski definition) is 4. The number of likely N-dealkylation sites (tertiary alicyclic amines) is 1. The number of carbonyl (C=O) groups excluding carboxylic acids is 2. The van der Waals surface area contributed by atoms with Gasteiger partial charge in [0.15, 0.2) is 0 Å². The van der Waals surface area contributed by atoms with Crippen LogP contribution in [0.5, 0.6) is 0 Å². The number of nitrogens with one attached hydrogen (secondary N) is 1. The molecule has 30 heavy (non-hydrogen) atoms. The van der Waals surface area contributed by atoms with E-state index >= 15 is 0 Å². The highest BCUT2D eigenvalue weighted by molar-refractivity contribution is 5.94. The first-order chi connectivity index (χ1) is 14.5. The van der Waals surface area contributed by atoms with E-state index in [-0.39, 0.29) is 18.4 Å². The highest BCUT2D eigenvalue weighted by atomic mass is 16.2. The third-order valence-corrected chi connectivity index (χ3v) is 5.50. The lowest BCUT2D eigenvalue weighted by molar-refractivity contribution is -0.128. The van der Waals surface area contributed by atoms with E-state index in [1.807, 2.05) is 42.5 Å². The van der Waals surface area contributed by atoms with Gasteiger partial charge >= 0.3 is 0 Å². The fraction of sp³-hybridized carbons (Fsp3) is 0.417. The van der Waals surface area contributed by atoms with E-state index in [2.05, 4.69) is 23.2 Å². The van der Waals surface area contributed by atoms with Crippen molar-refractivity contribution in [3.8, 4) is 11.1 Å². The number of amides is 2. The Kier molecular flexibility index (Phi) is 7.60. The van der Waals surface area contributed by atoms with Crippen molar-refractivity contribution in [2.24, 2.45) is 11.7 Å². The van der Waals surface area contributed by atoms with Crippen molar-refractivity contribution in [1.29, 1.82) is 0 Å². The molecule has 6 heteroatoms. The molecule has 0 saturated carbocycles. The Morgan fingerprint density at radius 2 is 1.87 bits per heavy atom. The second kappa shape index (κ2) is 10.4. The monoisotopic (exact) mass is 408 g/mol. The predicted molar refractivity (Wildman–Crippen MR) is 120 cm³/mol. The number of hydrogen-bond donors (Lipinski definition) is 2. The van der Waals surface area contributed by atoms with Gasteiger partial charge in [0.05, 0.1) is 6.54 Å². The van der Waals surface area contributed by atoms with Crippen molar-refractivity contribution in [2.75, 3.05) is 39.8 Å². The van der Waals surface area contributed by atoms with Crippen molar-refractivity contribution in [2.45, 2.75) is 19.9 Å². The molecule has 0 radical (unpaired) electrons. The molecule has 0 unspecified atom stereocenters. The molecule has 0 aliphatic carbocycles. The van der Waals surface area contributed by atoms with E-state index in [4.69, 9.17) is 5.73 Å². The van der Waals surface area contributed by atoms with Gasteiger partial charge in [0, 0.05) is 38.8 Å². The highest BCUT2D eigenvalue weighted by Crippen LogP contribution is 2.22. The van der Waals surface area contributed by atoms with Gasteiger partial charge in [0.25, 0.3) is 5.91 Å². The summed E-state index contributed by atoms with van der Waals surface area (Å²) in [6.45, 7) is 6.89. The Hall–Kier alpha value is -2.70. The molecule has 0 atom stereocenters. The zero-order valence-corrected chi connectivity index (χ0v) is 17.9. The molecule has 3 rings (SSSR count). The molecule has 0 spiro atoms. The van der Waals surface area contributed by atoms with Crippen molar-refractivity contribution in [1.82, 2.24) is 15.1 Å². The fourth-order valence-corrected chi connectivity index (χ4v) is 3.80. The molecule has 2 amide bonds. The van der Waals surface area contributed by atoms with Crippen molar-refractivity contribution < 1.29 is 9.59 Å². The minimum Gasteiger partial charge on any atom is -0.352 e. The lowest BCUT2D eigenvalue weighted by Gasteiger charge is -2.37. The zero-order chi connectivity index (χ0) is 21.5. The maximum atomic E-state index is 12.4. The molecule has 2 aromatic rings. The number of likely N-dealkylation sites (N-methyl/N-ethyl adjacent to an activating group) is 1. The van der Waals surface area contributed by atoms with Crippen LogP contribution in [-0.2, 0) is 11.3 Å². The Morgan fingerprint density at radius 3 is 2.53 bits per heavy atom. The Labute approximate surface area is 179 Å². The molecule has 1 aliphatic rings. The van der Waals surface area contributed by atoms with E-state index in [0.29, 0.717) is 18.7 Å². The van der Waals surface area contributed by atoms with Crippen LogP contribution >= 0.6 is 0 Å². The van der Waals surface area contributed by atoms with Crippen molar-refractivity contribution in [3.05, 3.63) is 59.7 Å². The van der Waals surface area contributed by atoms with Crippen molar-refractivity contribution in [3.63, 3.8) is 0 Å². The number of carbonyl (C=O) groups is 2.